The first kappa shape index (κ1) is 17.6. The molecule has 0 bridgehead atoms. The Balaban J connectivity index is 2.35. The van der Waals surface area contributed by atoms with Gasteiger partial charge in [-0.2, -0.15) is 13.2 Å². The van der Waals surface area contributed by atoms with Crippen molar-refractivity contribution in [3.05, 3.63) is 52.5 Å². The maximum Gasteiger partial charge on any atom is 0.416 e. The summed E-state index contributed by atoms with van der Waals surface area (Å²) in [4.78, 5) is 23.2. The van der Waals surface area contributed by atoms with Crippen LogP contribution < -0.4 is 5.32 Å². The normalized spacial score (nSPS) is 11.4. The van der Waals surface area contributed by atoms with E-state index >= 15 is 0 Å². The number of aryl methyl sites for hydroxylation is 1. The number of alkyl halides is 3. The first-order valence-corrected chi connectivity index (χ1v) is 6.88. The average Bonchev–Trinajstić information content (AvgIpc) is 2.80. The van der Waals surface area contributed by atoms with Gasteiger partial charge in [-0.25, -0.2) is 0 Å². The molecule has 0 radical (unpaired) electrons. The molecule has 2 aromatic rings. The Bertz CT molecular complexity index is 793. The third kappa shape index (κ3) is 3.58. The van der Waals surface area contributed by atoms with Gasteiger partial charge in [0.1, 0.15) is 12.2 Å². The van der Waals surface area contributed by atoms with Crippen LogP contribution in [0, 0.1) is 13.8 Å². The lowest BCUT2D eigenvalue weighted by Gasteiger charge is -2.14. The largest absolute Gasteiger partial charge is 0.481 e. The van der Waals surface area contributed by atoms with Gasteiger partial charge < -0.3 is 14.8 Å². The third-order valence-corrected chi connectivity index (χ3v) is 3.48. The van der Waals surface area contributed by atoms with Gasteiger partial charge in [-0.3, -0.25) is 9.59 Å². The fourth-order valence-corrected chi connectivity index (χ4v) is 2.33. The summed E-state index contributed by atoms with van der Waals surface area (Å²) in [6.45, 7) is 2.79. The van der Waals surface area contributed by atoms with E-state index in [1.807, 2.05) is 0 Å². The highest BCUT2D eigenvalue weighted by Crippen LogP contribution is 2.34. The van der Waals surface area contributed by atoms with Gasteiger partial charge in [0.05, 0.1) is 17.4 Å². The Morgan fingerprint density at radius 3 is 2.50 bits per heavy atom. The number of benzene rings is 1. The summed E-state index contributed by atoms with van der Waals surface area (Å²) in [6, 6.07) is 3.45. The molecule has 128 valence electrons. The van der Waals surface area contributed by atoms with Crippen LogP contribution in [0.1, 0.15) is 32.8 Å². The smallest absolute Gasteiger partial charge is 0.416 e. The molecule has 8 heteroatoms. The van der Waals surface area contributed by atoms with Gasteiger partial charge in [-0.15, -0.1) is 0 Å². The first-order chi connectivity index (χ1) is 11.1. The van der Waals surface area contributed by atoms with Gasteiger partial charge >= 0.3 is 12.1 Å². The number of rotatable bonds is 4. The topological polar surface area (TPSA) is 79.5 Å². The van der Waals surface area contributed by atoms with Crippen LogP contribution in [0.5, 0.6) is 0 Å². The number of carboxylic acids is 1. The molecular formula is C16H14F3NO4. The zero-order valence-corrected chi connectivity index (χ0v) is 12.8. The molecule has 0 saturated carbocycles. The van der Waals surface area contributed by atoms with Gasteiger partial charge in [-0.1, -0.05) is 6.07 Å². The number of hydrogen-bond donors (Lipinski definition) is 2. The van der Waals surface area contributed by atoms with E-state index in [2.05, 4.69) is 5.32 Å². The molecule has 0 spiro atoms. The molecule has 0 fully saturated rings. The molecule has 0 aliphatic rings. The summed E-state index contributed by atoms with van der Waals surface area (Å²) in [5.41, 5.74) is -0.575. The molecule has 2 rings (SSSR count). The van der Waals surface area contributed by atoms with Gasteiger partial charge in [0.2, 0.25) is 0 Å². The van der Waals surface area contributed by atoms with Crippen LogP contribution in [-0.4, -0.2) is 17.0 Å². The molecule has 5 nitrogen and oxygen atoms in total. The van der Waals surface area contributed by atoms with Crippen molar-refractivity contribution in [2.45, 2.75) is 26.4 Å². The maximum atomic E-state index is 12.9. The van der Waals surface area contributed by atoms with Gasteiger partial charge in [0, 0.05) is 11.3 Å². The number of aliphatic carboxylic acids is 1. The highest BCUT2D eigenvalue weighted by molar-refractivity contribution is 6.06. The van der Waals surface area contributed by atoms with Crippen molar-refractivity contribution in [2.24, 2.45) is 0 Å². The number of anilines is 1. The van der Waals surface area contributed by atoms with Crippen molar-refractivity contribution in [3.63, 3.8) is 0 Å². The minimum atomic E-state index is -4.54. The molecule has 1 amide bonds. The second kappa shape index (κ2) is 6.38. The zero-order chi connectivity index (χ0) is 18.1. The number of nitrogens with one attached hydrogen (secondary N) is 1. The van der Waals surface area contributed by atoms with Crippen molar-refractivity contribution in [2.75, 3.05) is 5.32 Å². The number of amides is 1. The van der Waals surface area contributed by atoms with Crippen LogP contribution in [0.15, 0.2) is 28.9 Å². The summed E-state index contributed by atoms with van der Waals surface area (Å²) < 4.78 is 43.8. The fraction of sp³-hybridized carbons (Fsp3) is 0.250. The van der Waals surface area contributed by atoms with Crippen molar-refractivity contribution in [1.29, 1.82) is 0 Å². The molecule has 0 saturated heterocycles. The maximum absolute atomic E-state index is 12.9. The van der Waals surface area contributed by atoms with E-state index in [4.69, 9.17) is 9.52 Å². The van der Waals surface area contributed by atoms with E-state index < -0.39 is 30.0 Å². The van der Waals surface area contributed by atoms with Crippen LogP contribution in [0.25, 0.3) is 0 Å². The highest BCUT2D eigenvalue weighted by Gasteiger charge is 2.33. The minimum Gasteiger partial charge on any atom is -0.481 e. The van der Waals surface area contributed by atoms with Crippen LogP contribution in [0.3, 0.4) is 0 Å². The summed E-state index contributed by atoms with van der Waals surface area (Å²) >= 11 is 0. The van der Waals surface area contributed by atoms with E-state index in [0.717, 1.165) is 6.07 Å². The lowest BCUT2D eigenvalue weighted by Crippen LogP contribution is -2.17. The number of hydrogen-bond acceptors (Lipinski definition) is 3. The Labute approximate surface area is 135 Å². The number of carbonyl (C=O) groups is 2. The second-order valence-corrected chi connectivity index (χ2v) is 5.22. The van der Waals surface area contributed by atoms with Crippen molar-refractivity contribution in [1.82, 2.24) is 0 Å². The third-order valence-electron chi connectivity index (χ3n) is 3.48. The molecular weight excluding hydrogens is 327 g/mol. The van der Waals surface area contributed by atoms with E-state index in [1.54, 1.807) is 6.92 Å². The molecule has 2 N–H and O–H groups in total. The molecule has 1 aromatic carbocycles. The Kier molecular flexibility index (Phi) is 4.68. The molecule has 0 unspecified atom stereocenters. The lowest BCUT2D eigenvalue weighted by molar-refractivity contribution is -0.138. The quantitative estimate of drug-likeness (QED) is 0.887. The SMILES string of the molecule is Cc1coc(CC(=O)O)c1C(=O)Nc1cccc(C(F)(F)F)c1C. The standard InChI is InChI=1S/C16H14F3NO4/c1-8-7-24-12(6-13(21)22)14(8)15(23)20-11-5-3-4-10(9(11)2)16(17,18)19/h3-5,7H,6H2,1-2H3,(H,20,23)(H,21,22). The molecule has 1 aromatic heterocycles. The molecule has 0 aliphatic heterocycles. The summed E-state index contributed by atoms with van der Waals surface area (Å²) in [5, 5.41) is 11.2. The van der Waals surface area contributed by atoms with Crippen molar-refractivity contribution >= 4 is 17.6 Å². The Morgan fingerprint density at radius 2 is 1.92 bits per heavy atom. The lowest BCUT2D eigenvalue weighted by atomic mass is 10.0. The number of furan rings is 1. The van der Waals surface area contributed by atoms with Gasteiger partial charge in [-0.05, 0) is 31.5 Å². The monoisotopic (exact) mass is 341 g/mol. The highest BCUT2D eigenvalue weighted by atomic mass is 19.4. The van der Waals surface area contributed by atoms with E-state index in [0.29, 0.717) is 5.56 Å². The van der Waals surface area contributed by atoms with E-state index in [9.17, 15) is 22.8 Å². The zero-order valence-electron chi connectivity index (χ0n) is 12.8. The Morgan fingerprint density at radius 1 is 1.25 bits per heavy atom. The van der Waals surface area contributed by atoms with Gasteiger partial charge in [0.25, 0.3) is 5.91 Å². The van der Waals surface area contributed by atoms with Crippen LogP contribution in [0.2, 0.25) is 0 Å². The molecule has 1 heterocycles. The van der Waals surface area contributed by atoms with Crippen LogP contribution in [0.4, 0.5) is 18.9 Å². The number of carboxylic acid groups (broad SMARTS) is 1. The van der Waals surface area contributed by atoms with Crippen molar-refractivity contribution < 1.29 is 32.3 Å². The predicted molar refractivity (Wildman–Crippen MR) is 78.9 cm³/mol. The number of halogens is 3. The van der Waals surface area contributed by atoms with Crippen LogP contribution >= 0.6 is 0 Å². The summed E-state index contributed by atoms with van der Waals surface area (Å²) in [5.74, 6) is -1.96. The van der Waals surface area contributed by atoms with Gasteiger partial charge in [0.15, 0.2) is 0 Å². The average molecular weight is 341 g/mol. The minimum absolute atomic E-state index is 0.00306. The number of carbonyl (C=O) groups excluding carboxylic acids is 1. The molecule has 24 heavy (non-hydrogen) atoms. The van der Waals surface area contributed by atoms with E-state index in [-0.39, 0.29) is 22.6 Å². The Hall–Kier alpha value is -2.77. The van der Waals surface area contributed by atoms with Crippen LogP contribution in [-0.2, 0) is 17.4 Å². The fourth-order valence-electron chi connectivity index (χ4n) is 2.33. The van der Waals surface area contributed by atoms with Crippen molar-refractivity contribution in [3.8, 4) is 0 Å². The first-order valence-electron chi connectivity index (χ1n) is 6.88. The predicted octanol–water partition coefficient (Wildman–Crippen LogP) is 3.79. The van der Waals surface area contributed by atoms with E-state index in [1.165, 1.54) is 25.3 Å². The summed E-state index contributed by atoms with van der Waals surface area (Å²) in [7, 11) is 0. The second-order valence-electron chi connectivity index (χ2n) is 5.22. The molecule has 0 aliphatic carbocycles. The molecule has 0 atom stereocenters. The summed E-state index contributed by atoms with van der Waals surface area (Å²) in [6.07, 6.45) is -3.81.